The molecule has 5 atom stereocenters. The number of aliphatic hydroxyl groups excluding tert-OH is 3. The number of fused-ring (bicyclic) bond motifs is 1. The van der Waals surface area contributed by atoms with Crippen LogP contribution in [-0.4, -0.2) is 83.9 Å². The van der Waals surface area contributed by atoms with Crippen molar-refractivity contribution < 1.29 is 24.9 Å². The van der Waals surface area contributed by atoms with Crippen molar-refractivity contribution in [3.8, 4) is 0 Å². The fourth-order valence-electron chi connectivity index (χ4n) is 2.75. The second kappa shape index (κ2) is 7.36. The van der Waals surface area contributed by atoms with Crippen molar-refractivity contribution in [2.45, 2.75) is 30.6 Å². The normalized spacial score (nSPS) is 26.1. The van der Waals surface area contributed by atoms with Crippen molar-refractivity contribution in [3.05, 3.63) is 17.6 Å². The summed E-state index contributed by atoms with van der Waals surface area (Å²) in [6, 6.07) is -0.846. The minimum atomic E-state index is -1.46. The third-order valence-electron chi connectivity index (χ3n) is 4.19. The molecular formula is C13H18N8O6. The number of nitrogens with zero attached hydrogens (tertiary/aromatic N) is 6. The van der Waals surface area contributed by atoms with Crippen molar-refractivity contribution in [3.63, 3.8) is 0 Å². The number of nitrogens with two attached hydrogens (primary N) is 1. The Kier molecular flexibility index (Phi) is 5.13. The van der Waals surface area contributed by atoms with E-state index in [0.29, 0.717) is 10.5 Å². The molecule has 0 aliphatic carbocycles. The standard InChI is InChI=1S/C13H18N8O6/c1-20(19-26)13(25)15-2-5(22)9-7(23)8(24)12(27-9)21-4-18-6-10(14)16-3-17-11(6)21/h3-5,7-9,12,22-24H,2H2,1H3,(H,15,25)(H2,14,16,17). The summed E-state index contributed by atoms with van der Waals surface area (Å²) < 4.78 is 6.94. The Morgan fingerprint density at radius 1 is 1.44 bits per heavy atom. The fourth-order valence-corrected chi connectivity index (χ4v) is 2.75. The number of amides is 2. The number of urea groups is 1. The lowest BCUT2D eigenvalue weighted by Crippen LogP contribution is -2.46. The second-order valence-electron chi connectivity index (χ2n) is 5.91. The molecular weight excluding hydrogens is 364 g/mol. The molecule has 0 bridgehead atoms. The Morgan fingerprint density at radius 3 is 2.89 bits per heavy atom. The van der Waals surface area contributed by atoms with Crippen LogP contribution >= 0.6 is 0 Å². The minimum absolute atomic E-state index is 0.138. The number of nitroso groups, excluding NO2 is 1. The number of nitrogens with one attached hydrogen (secondary N) is 1. The summed E-state index contributed by atoms with van der Waals surface area (Å²) in [5, 5.41) is 35.9. The minimum Gasteiger partial charge on any atom is -0.388 e. The van der Waals surface area contributed by atoms with E-state index in [1.165, 1.54) is 17.2 Å². The van der Waals surface area contributed by atoms with Gasteiger partial charge in [-0.2, -0.15) is 5.01 Å². The zero-order chi connectivity index (χ0) is 19.7. The van der Waals surface area contributed by atoms with Gasteiger partial charge in [-0.05, 0) is 0 Å². The molecule has 146 valence electrons. The number of nitrogen functional groups attached to an aromatic ring is 1. The monoisotopic (exact) mass is 382 g/mol. The molecule has 2 aromatic rings. The lowest BCUT2D eigenvalue weighted by Gasteiger charge is -2.21. The number of ether oxygens (including phenoxy) is 1. The largest absolute Gasteiger partial charge is 0.388 e. The van der Waals surface area contributed by atoms with Gasteiger partial charge < -0.3 is 31.1 Å². The van der Waals surface area contributed by atoms with E-state index >= 15 is 0 Å². The summed E-state index contributed by atoms with van der Waals surface area (Å²) in [6.45, 7) is -0.348. The highest BCUT2D eigenvalue weighted by atomic mass is 16.6. The molecule has 3 rings (SSSR count). The average Bonchev–Trinajstić information content (AvgIpc) is 3.21. The first-order valence-corrected chi connectivity index (χ1v) is 7.82. The van der Waals surface area contributed by atoms with Gasteiger partial charge in [0, 0.05) is 13.6 Å². The Labute approximate surface area is 151 Å². The highest BCUT2D eigenvalue weighted by Gasteiger charge is 2.47. The van der Waals surface area contributed by atoms with E-state index in [-0.39, 0.29) is 18.0 Å². The Morgan fingerprint density at radius 2 is 2.19 bits per heavy atom. The van der Waals surface area contributed by atoms with Gasteiger partial charge in [0.1, 0.15) is 36.3 Å². The summed E-state index contributed by atoms with van der Waals surface area (Å²) in [5.74, 6) is 0.138. The number of carbonyl (C=O) groups is 1. The van der Waals surface area contributed by atoms with Gasteiger partial charge in [-0.1, -0.05) is 0 Å². The van der Waals surface area contributed by atoms with E-state index in [2.05, 4.69) is 25.6 Å². The van der Waals surface area contributed by atoms with E-state index in [1.807, 2.05) is 0 Å². The van der Waals surface area contributed by atoms with Crippen molar-refractivity contribution in [2.24, 2.45) is 5.29 Å². The maximum absolute atomic E-state index is 11.5. The summed E-state index contributed by atoms with van der Waals surface area (Å²) >= 11 is 0. The van der Waals surface area contributed by atoms with E-state index < -0.39 is 36.7 Å². The highest BCUT2D eigenvalue weighted by molar-refractivity contribution is 5.81. The first-order valence-electron chi connectivity index (χ1n) is 7.82. The summed E-state index contributed by atoms with van der Waals surface area (Å²) in [5.41, 5.74) is 6.29. The van der Waals surface area contributed by atoms with Crippen molar-refractivity contribution in [1.82, 2.24) is 29.8 Å². The van der Waals surface area contributed by atoms with Crippen LogP contribution in [0, 0.1) is 4.91 Å². The smallest absolute Gasteiger partial charge is 0.340 e. The third kappa shape index (κ3) is 3.37. The maximum atomic E-state index is 11.5. The topological polar surface area (TPSA) is 201 Å². The van der Waals surface area contributed by atoms with Gasteiger partial charge in [-0.25, -0.2) is 19.7 Å². The Bertz CT molecular complexity index is 845. The van der Waals surface area contributed by atoms with Crippen molar-refractivity contribution >= 4 is 23.0 Å². The highest BCUT2D eigenvalue weighted by Crippen LogP contribution is 2.33. The Hall–Kier alpha value is -2.94. The van der Waals surface area contributed by atoms with Gasteiger partial charge in [0.25, 0.3) is 0 Å². The van der Waals surface area contributed by atoms with Crippen LogP contribution in [0.1, 0.15) is 6.23 Å². The lowest BCUT2D eigenvalue weighted by molar-refractivity contribution is -0.0818. The molecule has 27 heavy (non-hydrogen) atoms. The van der Waals surface area contributed by atoms with Crippen LogP contribution in [0.4, 0.5) is 10.6 Å². The number of carbonyl (C=O) groups excluding carboxylic acids is 1. The van der Waals surface area contributed by atoms with Gasteiger partial charge in [0.05, 0.1) is 11.6 Å². The second-order valence-corrected chi connectivity index (χ2v) is 5.91. The number of anilines is 1. The molecule has 0 aromatic carbocycles. The number of hydrogen-bond donors (Lipinski definition) is 5. The lowest BCUT2D eigenvalue weighted by atomic mass is 10.1. The SMILES string of the molecule is CN(N=O)C(=O)NCC(O)C1OC(n2cnc3c(N)ncnc32)C(O)C1O. The van der Waals surface area contributed by atoms with Crippen LogP contribution in [0.5, 0.6) is 0 Å². The fraction of sp³-hybridized carbons (Fsp3) is 0.538. The van der Waals surface area contributed by atoms with Crippen LogP contribution in [-0.2, 0) is 4.74 Å². The molecule has 14 nitrogen and oxygen atoms in total. The van der Waals surface area contributed by atoms with E-state index in [0.717, 1.165) is 7.05 Å². The van der Waals surface area contributed by atoms with E-state index in [1.54, 1.807) is 0 Å². The number of rotatable bonds is 5. The van der Waals surface area contributed by atoms with Crippen LogP contribution in [0.15, 0.2) is 17.9 Å². The number of imidazole rings is 1. The van der Waals surface area contributed by atoms with Crippen molar-refractivity contribution in [2.75, 3.05) is 19.3 Å². The van der Waals surface area contributed by atoms with Gasteiger partial charge in [-0.3, -0.25) is 4.57 Å². The van der Waals surface area contributed by atoms with Gasteiger partial charge >= 0.3 is 6.03 Å². The molecule has 1 aliphatic heterocycles. The zero-order valence-electron chi connectivity index (χ0n) is 14.1. The predicted molar refractivity (Wildman–Crippen MR) is 88.6 cm³/mol. The van der Waals surface area contributed by atoms with E-state index in [9.17, 15) is 25.0 Å². The molecule has 0 radical (unpaired) electrons. The molecule has 6 N–H and O–H groups in total. The van der Waals surface area contributed by atoms with Crippen LogP contribution in [0.25, 0.3) is 11.2 Å². The molecule has 2 aromatic heterocycles. The molecule has 0 saturated carbocycles. The van der Waals surface area contributed by atoms with Gasteiger partial charge in [0.2, 0.25) is 0 Å². The Balaban J connectivity index is 1.74. The molecule has 2 amide bonds. The molecule has 1 fully saturated rings. The van der Waals surface area contributed by atoms with Crippen molar-refractivity contribution in [1.29, 1.82) is 0 Å². The first-order chi connectivity index (χ1) is 12.8. The van der Waals surface area contributed by atoms with Gasteiger partial charge in [-0.15, -0.1) is 4.91 Å². The molecule has 5 unspecified atom stereocenters. The molecule has 0 spiro atoms. The molecule has 1 aliphatic rings. The average molecular weight is 382 g/mol. The summed E-state index contributed by atoms with van der Waals surface area (Å²) in [4.78, 5) is 33.7. The molecule has 14 heteroatoms. The zero-order valence-corrected chi connectivity index (χ0v) is 14.1. The van der Waals surface area contributed by atoms with Crippen LogP contribution < -0.4 is 11.1 Å². The first kappa shape index (κ1) is 18.8. The third-order valence-corrected chi connectivity index (χ3v) is 4.19. The van der Waals surface area contributed by atoms with Crippen LogP contribution in [0.2, 0.25) is 0 Å². The summed E-state index contributed by atoms with van der Waals surface area (Å²) in [6.07, 6.45) is -4.04. The summed E-state index contributed by atoms with van der Waals surface area (Å²) in [7, 11) is 1.13. The number of aromatic nitrogens is 4. The number of hydrogen-bond acceptors (Lipinski definition) is 11. The quantitative estimate of drug-likeness (QED) is 0.277. The van der Waals surface area contributed by atoms with Crippen LogP contribution in [0.3, 0.4) is 0 Å². The van der Waals surface area contributed by atoms with E-state index in [4.69, 9.17) is 10.5 Å². The maximum Gasteiger partial charge on any atom is 0.340 e. The molecule has 1 saturated heterocycles. The van der Waals surface area contributed by atoms with Gasteiger partial charge in [0.15, 0.2) is 17.7 Å². The number of aliphatic hydroxyl groups is 3. The molecule has 3 heterocycles. The predicted octanol–water partition coefficient (Wildman–Crippen LogP) is -2.29.